The molecule has 1 heterocycles. The molecule has 0 radical (unpaired) electrons. The molecule has 0 spiro atoms. The largest absolute Gasteiger partial charge is 0.481 e. The van der Waals surface area contributed by atoms with Gasteiger partial charge in [-0.15, -0.1) is 0 Å². The van der Waals surface area contributed by atoms with Gasteiger partial charge in [-0.3, -0.25) is 4.79 Å². The van der Waals surface area contributed by atoms with Crippen LogP contribution in [0.15, 0.2) is 41.7 Å². The van der Waals surface area contributed by atoms with Crippen molar-refractivity contribution >= 4 is 17.7 Å². The summed E-state index contributed by atoms with van der Waals surface area (Å²) in [6.07, 6.45) is 3.83. The molecule has 2 aromatic rings. The number of thioether (sulfide) groups is 1. The maximum absolute atomic E-state index is 10.6. The van der Waals surface area contributed by atoms with Crippen LogP contribution in [0.1, 0.15) is 17.7 Å². The van der Waals surface area contributed by atoms with E-state index in [1.807, 2.05) is 25.1 Å². The molecule has 1 aromatic carbocycles. The van der Waals surface area contributed by atoms with Crippen molar-refractivity contribution in [2.45, 2.75) is 31.5 Å². The van der Waals surface area contributed by atoms with Crippen molar-refractivity contribution in [3.05, 3.63) is 47.8 Å². The minimum Gasteiger partial charge on any atom is -0.481 e. The number of carboxylic acids is 1. The Morgan fingerprint density at radius 1 is 1.35 bits per heavy atom. The zero-order chi connectivity index (χ0) is 14.4. The van der Waals surface area contributed by atoms with Gasteiger partial charge in [0.15, 0.2) is 5.16 Å². The molecule has 0 fully saturated rings. The van der Waals surface area contributed by atoms with Crippen molar-refractivity contribution in [2.24, 2.45) is 0 Å². The molecule has 0 bridgehead atoms. The molecule has 1 N–H and O–H groups in total. The molecule has 0 aliphatic rings. The third kappa shape index (κ3) is 4.13. The number of aliphatic carboxylic acids is 1. The molecular formula is C15H18N2O2S. The number of benzene rings is 1. The zero-order valence-corrected chi connectivity index (χ0v) is 12.3. The standard InChI is InChI=1S/C15H18N2O2S/c1-12-10-16-15(20-11-14(18)19)17(12)9-5-8-13-6-3-2-4-7-13/h2-4,6-7,10H,5,8-9,11H2,1H3,(H,18,19). The second kappa shape index (κ2) is 7.14. The summed E-state index contributed by atoms with van der Waals surface area (Å²) >= 11 is 1.27. The van der Waals surface area contributed by atoms with Crippen LogP contribution in [-0.2, 0) is 17.8 Å². The van der Waals surface area contributed by atoms with Crippen molar-refractivity contribution in [1.82, 2.24) is 9.55 Å². The zero-order valence-electron chi connectivity index (χ0n) is 11.5. The fourth-order valence-corrected chi connectivity index (χ4v) is 2.81. The Kier molecular flexibility index (Phi) is 5.24. The Hall–Kier alpha value is -1.75. The summed E-state index contributed by atoms with van der Waals surface area (Å²) in [7, 11) is 0. The number of aromatic nitrogens is 2. The first-order valence-electron chi connectivity index (χ1n) is 6.57. The van der Waals surface area contributed by atoms with Crippen LogP contribution in [0.4, 0.5) is 0 Å². The lowest BCUT2D eigenvalue weighted by Gasteiger charge is -2.09. The van der Waals surface area contributed by atoms with Crippen LogP contribution in [-0.4, -0.2) is 26.4 Å². The van der Waals surface area contributed by atoms with Gasteiger partial charge < -0.3 is 9.67 Å². The number of aryl methyl sites for hydroxylation is 2. The topological polar surface area (TPSA) is 55.1 Å². The molecule has 2 rings (SSSR count). The highest BCUT2D eigenvalue weighted by Crippen LogP contribution is 2.19. The van der Waals surface area contributed by atoms with E-state index in [0.717, 1.165) is 30.2 Å². The van der Waals surface area contributed by atoms with E-state index >= 15 is 0 Å². The van der Waals surface area contributed by atoms with Crippen LogP contribution in [0.5, 0.6) is 0 Å². The molecule has 20 heavy (non-hydrogen) atoms. The highest BCUT2D eigenvalue weighted by atomic mass is 32.2. The smallest absolute Gasteiger partial charge is 0.313 e. The Morgan fingerprint density at radius 2 is 2.10 bits per heavy atom. The number of carbonyl (C=O) groups is 1. The van der Waals surface area contributed by atoms with E-state index in [1.165, 1.54) is 17.3 Å². The van der Waals surface area contributed by atoms with Crippen LogP contribution >= 0.6 is 11.8 Å². The number of hydrogen-bond acceptors (Lipinski definition) is 3. The lowest BCUT2D eigenvalue weighted by Crippen LogP contribution is -2.05. The van der Waals surface area contributed by atoms with E-state index in [1.54, 1.807) is 6.20 Å². The number of nitrogens with zero attached hydrogens (tertiary/aromatic N) is 2. The van der Waals surface area contributed by atoms with Crippen LogP contribution in [0.2, 0.25) is 0 Å². The number of imidazole rings is 1. The maximum Gasteiger partial charge on any atom is 0.313 e. The average Bonchev–Trinajstić information content (AvgIpc) is 2.79. The Labute approximate surface area is 122 Å². The summed E-state index contributed by atoms with van der Waals surface area (Å²) in [5.74, 6) is -0.763. The molecule has 1 aromatic heterocycles. The molecule has 0 aliphatic carbocycles. The summed E-state index contributed by atoms with van der Waals surface area (Å²) in [6.45, 7) is 2.86. The molecule has 0 saturated heterocycles. The molecule has 0 aliphatic heterocycles. The Balaban J connectivity index is 1.91. The summed E-state index contributed by atoms with van der Waals surface area (Å²) in [6, 6.07) is 10.4. The van der Waals surface area contributed by atoms with Crippen LogP contribution in [0.3, 0.4) is 0 Å². The minimum absolute atomic E-state index is 0.0507. The summed E-state index contributed by atoms with van der Waals surface area (Å²) in [5, 5.41) is 9.53. The molecule has 0 unspecified atom stereocenters. The number of rotatable bonds is 7. The van der Waals surface area contributed by atoms with Gasteiger partial charge in [-0.1, -0.05) is 42.1 Å². The Morgan fingerprint density at radius 3 is 2.80 bits per heavy atom. The van der Waals surface area contributed by atoms with Crippen molar-refractivity contribution in [1.29, 1.82) is 0 Å². The predicted octanol–water partition coefficient (Wildman–Crippen LogP) is 3.00. The summed E-state index contributed by atoms with van der Waals surface area (Å²) < 4.78 is 2.09. The first-order valence-corrected chi connectivity index (χ1v) is 7.56. The molecular weight excluding hydrogens is 272 g/mol. The molecule has 106 valence electrons. The molecule has 0 atom stereocenters. The monoisotopic (exact) mass is 290 g/mol. The number of hydrogen-bond donors (Lipinski definition) is 1. The summed E-state index contributed by atoms with van der Waals surface area (Å²) in [5.41, 5.74) is 2.40. The fourth-order valence-electron chi connectivity index (χ4n) is 2.04. The van der Waals surface area contributed by atoms with Gasteiger partial charge in [-0.25, -0.2) is 4.98 Å². The predicted molar refractivity (Wildman–Crippen MR) is 80.1 cm³/mol. The van der Waals surface area contributed by atoms with Crippen LogP contribution < -0.4 is 0 Å². The quantitative estimate of drug-likeness (QED) is 0.796. The lowest BCUT2D eigenvalue weighted by molar-refractivity contribution is -0.133. The van der Waals surface area contributed by atoms with E-state index in [2.05, 4.69) is 21.7 Å². The van der Waals surface area contributed by atoms with Gasteiger partial charge in [0, 0.05) is 18.4 Å². The van der Waals surface area contributed by atoms with Crippen molar-refractivity contribution < 1.29 is 9.90 Å². The first-order chi connectivity index (χ1) is 9.66. The first kappa shape index (κ1) is 14.7. The fraction of sp³-hybridized carbons (Fsp3) is 0.333. The average molecular weight is 290 g/mol. The third-order valence-corrected chi connectivity index (χ3v) is 4.01. The van der Waals surface area contributed by atoms with Crippen molar-refractivity contribution in [3.8, 4) is 0 Å². The van der Waals surface area contributed by atoms with Gasteiger partial charge in [-0.2, -0.15) is 0 Å². The van der Waals surface area contributed by atoms with Gasteiger partial charge >= 0.3 is 5.97 Å². The Bertz CT molecular complexity index is 567. The second-order valence-corrected chi connectivity index (χ2v) is 5.55. The molecule has 0 saturated carbocycles. The third-order valence-electron chi connectivity index (χ3n) is 3.03. The van der Waals surface area contributed by atoms with Gasteiger partial charge in [0.1, 0.15) is 0 Å². The van der Waals surface area contributed by atoms with Gasteiger partial charge in [0.25, 0.3) is 0 Å². The van der Waals surface area contributed by atoms with Crippen LogP contribution in [0, 0.1) is 6.92 Å². The highest BCUT2D eigenvalue weighted by molar-refractivity contribution is 7.99. The van der Waals surface area contributed by atoms with Gasteiger partial charge in [0.05, 0.1) is 5.75 Å². The molecule has 5 heteroatoms. The van der Waals surface area contributed by atoms with Crippen molar-refractivity contribution in [3.63, 3.8) is 0 Å². The van der Waals surface area contributed by atoms with Crippen LogP contribution in [0.25, 0.3) is 0 Å². The van der Waals surface area contributed by atoms with Crippen molar-refractivity contribution in [2.75, 3.05) is 5.75 Å². The maximum atomic E-state index is 10.6. The lowest BCUT2D eigenvalue weighted by atomic mass is 10.1. The second-order valence-electron chi connectivity index (χ2n) is 4.61. The van der Waals surface area contributed by atoms with E-state index < -0.39 is 5.97 Å². The SMILES string of the molecule is Cc1cnc(SCC(=O)O)n1CCCc1ccccc1. The molecule has 4 nitrogen and oxygen atoms in total. The van der Waals surface area contributed by atoms with E-state index in [0.29, 0.717) is 0 Å². The van der Waals surface area contributed by atoms with E-state index in [9.17, 15) is 4.79 Å². The molecule has 0 amide bonds. The normalized spacial score (nSPS) is 10.7. The van der Waals surface area contributed by atoms with Gasteiger partial charge in [-0.05, 0) is 25.3 Å². The summed E-state index contributed by atoms with van der Waals surface area (Å²) in [4.78, 5) is 14.9. The minimum atomic E-state index is -0.813. The highest BCUT2D eigenvalue weighted by Gasteiger charge is 2.09. The number of carboxylic acid groups (broad SMARTS) is 1. The van der Waals surface area contributed by atoms with Gasteiger partial charge in [0.2, 0.25) is 0 Å². The van der Waals surface area contributed by atoms with E-state index in [-0.39, 0.29) is 5.75 Å². The van der Waals surface area contributed by atoms with E-state index in [4.69, 9.17) is 5.11 Å².